The summed E-state index contributed by atoms with van der Waals surface area (Å²) in [4.78, 5) is 4.82. The second-order valence-corrected chi connectivity index (χ2v) is 6.68. The molecule has 0 saturated carbocycles. The maximum Gasteiger partial charge on any atom is 0.217 e. The molecule has 2 rings (SSSR count). The number of aryl methyl sites for hydroxylation is 2. The Hall–Kier alpha value is -1.31. The van der Waals surface area contributed by atoms with E-state index >= 15 is 0 Å². The van der Waals surface area contributed by atoms with E-state index < -0.39 is 0 Å². The lowest BCUT2D eigenvalue weighted by molar-refractivity contribution is 0.279. The monoisotopic (exact) mass is 287 g/mol. The normalized spacial score (nSPS) is 16.7. The topological polar surface area (TPSA) is 21.6 Å². The van der Waals surface area contributed by atoms with Gasteiger partial charge in [-0.1, -0.05) is 44.9 Å². The average molecular weight is 287 g/mol. The van der Waals surface area contributed by atoms with E-state index in [1.807, 2.05) is 0 Å². The summed E-state index contributed by atoms with van der Waals surface area (Å²) < 4.78 is 5.95. The molecule has 0 aromatic heterocycles. The second-order valence-electron chi connectivity index (χ2n) is 6.68. The minimum atomic E-state index is -0.0881. The van der Waals surface area contributed by atoms with Crippen LogP contribution in [0.4, 0.5) is 0 Å². The number of hydrogen-bond donors (Lipinski definition) is 0. The number of hydrogen-bond acceptors (Lipinski definition) is 2. The number of rotatable bonds is 7. The fourth-order valence-corrected chi connectivity index (χ4v) is 2.79. The number of benzene rings is 1. The van der Waals surface area contributed by atoms with Gasteiger partial charge >= 0.3 is 0 Å². The quantitative estimate of drug-likeness (QED) is 0.697. The van der Waals surface area contributed by atoms with Gasteiger partial charge in [0, 0.05) is 5.56 Å². The average Bonchev–Trinajstić information content (AvgIpc) is 2.82. The van der Waals surface area contributed by atoms with Crippen LogP contribution in [-0.2, 0) is 17.6 Å². The van der Waals surface area contributed by atoms with E-state index in [-0.39, 0.29) is 5.54 Å². The molecule has 2 nitrogen and oxygen atoms in total. The van der Waals surface area contributed by atoms with Crippen LogP contribution in [0.15, 0.2) is 23.2 Å². The molecule has 0 spiro atoms. The van der Waals surface area contributed by atoms with Crippen LogP contribution in [0.5, 0.6) is 0 Å². The molecule has 1 aromatic carbocycles. The van der Waals surface area contributed by atoms with Gasteiger partial charge in [-0.15, -0.1) is 0 Å². The molecule has 0 bridgehead atoms. The van der Waals surface area contributed by atoms with E-state index in [1.54, 1.807) is 0 Å². The zero-order valence-electron chi connectivity index (χ0n) is 14.0. The highest BCUT2D eigenvalue weighted by Gasteiger charge is 2.29. The standard InChI is InChI=1S/C19H29NO/c1-5-7-10-15-12-9-13-16(11-8-6-2)17(15)18-20-19(3,4)14-21-18/h9,12-13H,5-8,10-11,14H2,1-4H3. The van der Waals surface area contributed by atoms with E-state index in [1.165, 1.54) is 42.4 Å². The lowest BCUT2D eigenvalue weighted by Crippen LogP contribution is -2.17. The smallest absolute Gasteiger partial charge is 0.217 e. The molecule has 116 valence electrons. The minimum Gasteiger partial charge on any atom is -0.475 e. The first-order valence-electron chi connectivity index (χ1n) is 8.41. The van der Waals surface area contributed by atoms with E-state index in [9.17, 15) is 0 Å². The largest absolute Gasteiger partial charge is 0.475 e. The van der Waals surface area contributed by atoms with Gasteiger partial charge in [-0.05, 0) is 50.7 Å². The van der Waals surface area contributed by atoms with Gasteiger partial charge in [-0.3, -0.25) is 0 Å². The lowest BCUT2D eigenvalue weighted by Gasteiger charge is -2.14. The van der Waals surface area contributed by atoms with Crippen molar-refractivity contribution in [2.24, 2.45) is 4.99 Å². The Morgan fingerprint density at radius 3 is 2.05 bits per heavy atom. The fourth-order valence-electron chi connectivity index (χ4n) is 2.79. The Kier molecular flexibility index (Phi) is 5.44. The van der Waals surface area contributed by atoms with Crippen molar-refractivity contribution in [1.29, 1.82) is 0 Å². The van der Waals surface area contributed by atoms with Gasteiger partial charge in [0.05, 0.1) is 5.54 Å². The minimum absolute atomic E-state index is 0.0881. The highest BCUT2D eigenvalue weighted by atomic mass is 16.5. The second kappa shape index (κ2) is 7.11. The van der Waals surface area contributed by atoms with Crippen LogP contribution in [0, 0.1) is 0 Å². The molecule has 0 amide bonds. The number of unbranched alkanes of at least 4 members (excludes halogenated alkanes) is 2. The summed E-state index contributed by atoms with van der Waals surface area (Å²) in [7, 11) is 0. The third-order valence-corrected chi connectivity index (χ3v) is 4.02. The molecule has 1 aliphatic heterocycles. The molecule has 21 heavy (non-hydrogen) atoms. The van der Waals surface area contributed by atoms with Crippen molar-refractivity contribution in [3.05, 3.63) is 34.9 Å². The molecule has 1 heterocycles. The van der Waals surface area contributed by atoms with E-state index in [2.05, 4.69) is 45.9 Å². The maximum absolute atomic E-state index is 5.95. The van der Waals surface area contributed by atoms with Crippen molar-refractivity contribution in [2.45, 2.75) is 71.8 Å². The summed E-state index contributed by atoms with van der Waals surface area (Å²) >= 11 is 0. The zero-order valence-corrected chi connectivity index (χ0v) is 14.0. The summed E-state index contributed by atoms with van der Waals surface area (Å²) in [5, 5.41) is 0. The van der Waals surface area contributed by atoms with Crippen molar-refractivity contribution in [1.82, 2.24) is 0 Å². The van der Waals surface area contributed by atoms with Crippen LogP contribution < -0.4 is 0 Å². The van der Waals surface area contributed by atoms with Gasteiger partial charge in [-0.2, -0.15) is 0 Å². The van der Waals surface area contributed by atoms with Gasteiger partial charge in [0.15, 0.2) is 0 Å². The first kappa shape index (κ1) is 16.1. The highest BCUT2D eigenvalue weighted by molar-refractivity contribution is 5.98. The van der Waals surface area contributed by atoms with Gasteiger partial charge in [0.1, 0.15) is 6.61 Å². The van der Waals surface area contributed by atoms with Crippen molar-refractivity contribution in [2.75, 3.05) is 6.61 Å². The summed E-state index contributed by atoms with van der Waals surface area (Å²) in [6, 6.07) is 6.69. The van der Waals surface area contributed by atoms with Crippen LogP contribution in [0.1, 0.15) is 70.1 Å². The first-order valence-corrected chi connectivity index (χ1v) is 8.41. The third-order valence-electron chi connectivity index (χ3n) is 4.02. The van der Waals surface area contributed by atoms with E-state index in [0.29, 0.717) is 6.61 Å². The molecule has 1 aliphatic rings. The number of nitrogens with zero attached hydrogens (tertiary/aromatic N) is 1. The Balaban J connectivity index is 2.38. The third kappa shape index (κ3) is 4.09. The molecule has 0 fully saturated rings. The van der Waals surface area contributed by atoms with Crippen molar-refractivity contribution < 1.29 is 4.74 Å². The molecule has 0 radical (unpaired) electrons. The van der Waals surface area contributed by atoms with Crippen LogP contribution in [0.25, 0.3) is 0 Å². The SMILES string of the molecule is CCCCc1cccc(CCCC)c1C1=NC(C)(C)CO1. The highest BCUT2D eigenvalue weighted by Crippen LogP contribution is 2.27. The van der Waals surface area contributed by atoms with Crippen molar-refractivity contribution in [3.63, 3.8) is 0 Å². The predicted octanol–water partition coefficient (Wildman–Crippen LogP) is 4.93. The molecular formula is C19H29NO. The first-order chi connectivity index (χ1) is 10.1. The summed E-state index contributed by atoms with van der Waals surface area (Å²) in [6.45, 7) is 9.46. The molecule has 0 saturated heterocycles. The number of ether oxygens (including phenoxy) is 1. The lowest BCUT2D eigenvalue weighted by atomic mass is 9.94. The van der Waals surface area contributed by atoms with Crippen molar-refractivity contribution in [3.8, 4) is 0 Å². The van der Waals surface area contributed by atoms with Gasteiger partial charge in [-0.25, -0.2) is 4.99 Å². The molecule has 0 aliphatic carbocycles. The van der Waals surface area contributed by atoms with Crippen LogP contribution in [0.2, 0.25) is 0 Å². The molecule has 2 heteroatoms. The number of aliphatic imine (C=N–C) groups is 1. The van der Waals surface area contributed by atoms with E-state index in [0.717, 1.165) is 18.7 Å². The van der Waals surface area contributed by atoms with E-state index in [4.69, 9.17) is 9.73 Å². The molecule has 1 aromatic rings. The Morgan fingerprint density at radius 1 is 1.05 bits per heavy atom. The molecule has 0 N–H and O–H groups in total. The van der Waals surface area contributed by atoms with Crippen molar-refractivity contribution >= 4 is 5.90 Å². The maximum atomic E-state index is 5.95. The van der Waals surface area contributed by atoms with Gasteiger partial charge < -0.3 is 4.74 Å². The Labute approximate surface area is 129 Å². The Bertz CT molecular complexity index is 476. The van der Waals surface area contributed by atoms with Gasteiger partial charge in [0.25, 0.3) is 0 Å². The fraction of sp³-hybridized carbons (Fsp3) is 0.632. The molecule has 0 unspecified atom stereocenters. The Morgan fingerprint density at radius 2 is 1.62 bits per heavy atom. The van der Waals surface area contributed by atoms with Crippen LogP contribution in [-0.4, -0.2) is 18.0 Å². The van der Waals surface area contributed by atoms with Crippen LogP contribution in [0.3, 0.4) is 0 Å². The van der Waals surface area contributed by atoms with Crippen LogP contribution >= 0.6 is 0 Å². The summed E-state index contributed by atoms with van der Waals surface area (Å²) in [5.74, 6) is 0.873. The predicted molar refractivity (Wildman–Crippen MR) is 90.2 cm³/mol. The summed E-state index contributed by atoms with van der Waals surface area (Å²) in [6.07, 6.45) is 7.12. The molecule has 0 atom stereocenters. The molecular weight excluding hydrogens is 258 g/mol. The van der Waals surface area contributed by atoms with Gasteiger partial charge in [0.2, 0.25) is 5.90 Å². The summed E-state index contributed by atoms with van der Waals surface area (Å²) in [5.41, 5.74) is 4.00. The zero-order chi connectivity index (χ0) is 15.3.